The Morgan fingerprint density at radius 2 is 1.97 bits per heavy atom. The van der Waals surface area contributed by atoms with Crippen LogP contribution in [0.5, 0.6) is 0 Å². The van der Waals surface area contributed by atoms with Gasteiger partial charge in [0.2, 0.25) is 5.91 Å². The van der Waals surface area contributed by atoms with Gasteiger partial charge in [-0.1, -0.05) is 19.3 Å². The van der Waals surface area contributed by atoms with Gasteiger partial charge in [-0.3, -0.25) is 9.59 Å². The van der Waals surface area contributed by atoms with E-state index in [1.807, 2.05) is 18.2 Å². The fraction of sp³-hybridized carbons (Fsp3) is 0.409. The van der Waals surface area contributed by atoms with Crippen molar-refractivity contribution in [3.05, 3.63) is 41.7 Å². The second kappa shape index (κ2) is 8.11. The maximum atomic E-state index is 12.8. The van der Waals surface area contributed by atoms with Gasteiger partial charge in [0, 0.05) is 19.0 Å². The lowest BCUT2D eigenvalue weighted by atomic mass is 9.83. The van der Waals surface area contributed by atoms with Gasteiger partial charge in [-0.15, -0.1) is 0 Å². The fourth-order valence-electron chi connectivity index (χ4n) is 4.23. The van der Waals surface area contributed by atoms with Crippen molar-refractivity contribution in [1.82, 2.24) is 10.6 Å². The Morgan fingerprint density at radius 1 is 1.17 bits per heavy atom. The molecule has 1 aliphatic heterocycles. The first-order valence-electron chi connectivity index (χ1n) is 10.1. The molecular formula is C22H26N4O3. The second-order valence-corrected chi connectivity index (χ2v) is 7.75. The lowest BCUT2D eigenvalue weighted by molar-refractivity contribution is -0.124. The number of nitrogens with one attached hydrogen (secondary N) is 2. The smallest absolute Gasteiger partial charge is 0.287 e. The predicted molar refractivity (Wildman–Crippen MR) is 111 cm³/mol. The highest BCUT2D eigenvalue weighted by Crippen LogP contribution is 2.32. The predicted octanol–water partition coefficient (Wildman–Crippen LogP) is 2.92. The summed E-state index contributed by atoms with van der Waals surface area (Å²) in [4.78, 5) is 29.4. The Balaban J connectivity index is 1.49. The number of amidine groups is 1. The summed E-state index contributed by atoms with van der Waals surface area (Å²) in [6.07, 6.45) is 5.87. The van der Waals surface area contributed by atoms with Crippen LogP contribution >= 0.6 is 0 Å². The molecular weight excluding hydrogens is 368 g/mol. The first kappa shape index (κ1) is 19.2. The molecule has 4 rings (SSSR count). The van der Waals surface area contributed by atoms with Crippen LogP contribution in [0, 0.1) is 5.92 Å². The van der Waals surface area contributed by atoms with E-state index in [1.54, 1.807) is 19.2 Å². The summed E-state index contributed by atoms with van der Waals surface area (Å²) in [5.74, 6) is 1.01. The molecule has 4 N–H and O–H groups in total. The summed E-state index contributed by atoms with van der Waals surface area (Å²) in [5.41, 5.74) is 8.58. The van der Waals surface area contributed by atoms with Gasteiger partial charge in [0.05, 0.1) is 5.69 Å². The Bertz CT molecular complexity index is 957. The number of fused-ring (bicyclic) bond motifs is 1. The number of rotatable bonds is 5. The van der Waals surface area contributed by atoms with Gasteiger partial charge in [0.25, 0.3) is 5.91 Å². The summed E-state index contributed by atoms with van der Waals surface area (Å²) >= 11 is 0. The van der Waals surface area contributed by atoms with Crippen LogP contribution in [0.3, 0.4) is 0 Å². The molecule has 29 heavy (non-hydrogen) atoms. The lowest BCUT2D eigenvalue weighted by Gasteiger charge is -2.29. The first-order valence-corrected chi connectivity index (χ1v) is 10.1. The van der Waals surface area contributed by atoms with Crippen molar-refractivity contribution < 1.29 is 14.0 Å². The van der Waals surface area contributed by atoms with Crippen LogP contribution in [0.15, 0.2) is 39.7 Å². The molecule has 1 aromatic carbocycles. The van der Waals surface area contributed by atoms with Crippen LogP contribution < -0.4 is 16.4 Å². The van der Waals surface area contributed by atoms with E-state index in [2.05, 4.69) is 15.6 Å². The molecule has 2 aliphatic rings. The molecule has 1 atom stereocenters. The van der Waals surface area contributed by atoms with Crippen molar-refractivity contribution in [1.29, 1.82) is 0 Å². The molecule has 1 aromatic heterocycles. The van der Waals surface area contributed by atoms with Crippen LogP contribution in [-0.2, 0) is 11.2 Å². The monoisotopic (exact) mass is 394 g/mol. The molecule has 1 saturated carbocycles. The lowest BCUT2D eigenvalue weighted by Crippen LogP contribution is -2.50. The third-order valence-corrected chi connectivity index (χ3v) is 5.77. The van der Waals surface area contributed by atoms with Gasteiger partial charge in [0.15, 0.2) is 5.76 Å². The number of aliphatic imine (C=N–C) groups is 1. The van der Waals surface area contributed by atoms with Crippen LogP contribution in [0.4, 0.5) is 5.69 Å². The summed E-state index contributed by atoms with van der Waals surface area (Å²) in [5, 5.41) is 5.56. The number of hydrogen-bond acceptors (Lipinski definition) is 5. The molecule has 0 bridgehead atoms. The van der Waals surface area contributed by atoms with Crippen LogP contribution in [-0.4, -0.2) is 30.7 Å². The number of furan rings is 1. The van der Waals surface area contributed by atoms with E-state index >= 15 is 0 Å². The molecule has 1 fully saturated rings. The zero-order valence-electron chi connectivity index (χ0n) is 16.5. The van der Waals surface area contributed by atoms with Crippen molar-refractivity contribution in [2.75, 3.05) is 7.05 Å². The number of benzene rings is 1. The topological polar surface area (TPSA) is 110 Å². The maximum Gasteiger partial charge on any atom is 0.287 e. The average Bonchev–Trinajstić information content (AvgIpc) is 3.37. The SMILES string of the molecule is CNC(=O)[C@@H](NC(=O)c1ccc(-c2ccc3c(c2)CC(N)=N3)o1)C1CCCCC1. The number of amides is 2. The largest absolute Gasteiger partial charge is 0.451 e. The minimum absolute atomic E-state index is 0.157. The van der Waals surface area contributed by atoms with E-state index < -0.39 is 6.04 Å². The maximum absolute atomic E-state index is 12.8. The highest BCUT2D eigenvalue weighted by molar-refractivity contribution is 5.96. The second-order valence-electron chi connectivity index (χ2n) is 7.75. The Hall–Kier alpha value is -3.09. The van der Waals surface area contributed by atoms with Crippen molar-refractivity contribution in [3.63, 3.8) is 0 Å². The van der Waals surface area contributed by atoms with Crippen molar-refractivity contribution in [2.24, 2.45) is 16.6 Å². The van der Waals surface area contributed by atoms with Crippen LogP contribution in [0.1, 0.15) is 48.2 Å². The summed E-state index contributed by atoms with van der Waals surface area (Å²) in [7, 11) is 1.60. The molecule has 0 spiro atoms. The Morgan fingerprint density at radius 3 is 2.72 bits per heavy atom. The van der Waals surface area contributed by atoms with Crippen LogP contribution in [0.2, 0.25) is 0 Å². The van der Waals surface area contributed by atoms with Gasteiger partial charge < -0.3 is 20.8 Å². The molecule has 7 nitrogen and oxygen atoms in total. The molecule has 2 aromatic rings. The van der Waals surface area contributed by atoms with Gasteiger partial charge in [-0.05, 0) is 54.7 Å². The number of nitrogens with two attached hydrogens (primary N) is 1. The van der Waals surface area contributed by atoms with E-state index in [1.165, 1.54) is 6.42 Å². The van der Waals surface area contributed by atoms with E-state index in [0.717, 1.165) is 42.5 Å². The Labute approximate surface area is 169 Å². The molecule has 152 valence electrons. The molecule has 2 amide bonds. The minimum atomic E-state index is -0.540. The number of nitrogens with zero attached hydrogens (tertiary/aromatic N) is 1. The molecule has 0 radical (unpaired) electrons. The number of carbonyl (C=O) groups excluding carboxylic acids is 2. The van der Waals surface area contributed by atoms with E-state index in [-0.39, 0.29) is 23.5 Å². The minimum Gasteiger partial charge on any atom is -0.451 e. The van der Waals surface area contributed by atoms with Gasteiger partial charge in [-0.2, -0.15) is 0 Å². The highest BCUT2D eigenvalue weighted by Gasteiger charge is 2.31. The standard InChI is InChI=1S/C22H26N4O3/c1-24-22(28)20(13-5-3-2-4-6-13)26-21(27)18-10-9-17(29-18)14-7-8-16-15(11-14)12-19(23)25-16/h7-11,13,20H,2-6,12H2,1H3,(H2,23,25)(H,24,28)(H,26,27)/t20-/m0/s1. The quantitative estimate of drug-likeness (QED) is 0.724. The van der Waals surface area contributed by atoms with Gasteiger partial charge >= 0.3 is 0 Å². The number of hydrogen-bond donors (Lipinski definition) is 3. The molecule has 0 saturated heterocycles. The van der Waals surface area contributed by atoms with Gasteiger partial charge in [0.1, 0.15) is 17.6 Å². The third kappa shape index (κ3) is 4.04. The fourth-order valence-corrected chi connectivity index (χ4v) is 4.23. The number of likely N-dealkylation sites (N-methyl/N-ethyl adjacent to an activating group) is 1. The van der Waals surface area contributed by atoms with E-state index in [0.29, 0.717) is 18.0 Å². The van der Waals surface area contributed by atoms with Gasteiger partial charge in [-0.25, -0.2) is 4.99 Å². The molecule has 1 aliphatic carbocycles. The number of carbonyl (C=O) groups is 2. The van der Waals surface area contributed by atoms with Crippen molar-refractivity contribution >= 4 is 23.3 Å². The zero-order chi connectivity index (χ0) is 20.4. The first-order chi connectivity index (χ1) is 14.0. The molecule has 7 heteroatoms. The Kier molecular flexibility index (Phi) is 5.38. The van der Waals surface area contributed by atoms with E-state index in [4.69, 9.17) is 10.2 Å². The summed E-state index contributed by atoms with van der Waals surface area (Å²) in [6, 6.07) is 8.65. The molecule has 0 unspecified atom stereocenters. The summed E-state index contributed by atoms with van der Waals surface area (Å²) in [6.45, 7) is 0. The molecule has 2 heterocycles. The highest BCUT2D eigenvalue weighted by atomic mass is 16.4. The summed E-state index contributed by atoms with van der Waals surface area (Å²) < 4.78 is 5.81. The average molecular weight is 394 g/mol. The van der Waals surface area contributed by atoms with Crippen LogP contribution in [0.25, 0.3) is 11.3 Å². The zero-order valence-corrected chi connectivity index (χ0v) is 16.5. The third-order valence-electron chi connectivity index (χ3n) is 5.77. The van der Waals surface area contributed by atoms with E-state index in [9.17, 15) is 9.59 Å². The van der Waals surface area contributed by atoms with Crippen molar-refractivity contribution in [2.45, 2.75) is 44.6 Å². The van der Waals surface area contributed by atoms with Crippen molar-refractivity contribution in [3.8, 4) is 11.3 Å². The normalized spacial score (nSPS) is 17.3.